The number of benzene rings is 2. The number of rotatable bonds is 7. The minimum atomic E-state index is 0.111. The standard InChI is InChI=1S/C28H30ClN5O/c1-31(17-22-6-3-2-4-7-22)18-23-8-5-9-24(16-23)28(35)33-14-12-32(13-15-33)20-26-21-34-19-25(29)10-11-27(34)30-26/h2-11,16,19,21H,12-15,17-18,20H2,1H3. The third kappa shape index (κ3) is 5.90. The van der Waals surface area contributed by atoms with Crippen LogP contribution in [0.15, 0.2) is 79.1 Å². The molecule has 35 heavy (non-hydrogen) atoms. The van der Waals surface area contributed by atoms with Gasteiger partial charge in [0.05, 0.1) is 10.7 Å². The van der Waals surface area contributed by atoms with Crippen molar-refractivity contribution in [2.45, 2.75) is 19.6 Å². The summed E-state index contributed by atoms with van der Waals surface area (Å²) in [5, 5.41) is 0.695. The SMILES string of the molecule is CN(Cc1ccccc1)Cc1cccc(C(=O)N2CCN(Cc3cn4cc(Cl)ccc4n3)CC2)c1. The molecular weight excluding hydrogens is 458 g/mol. The summed E-state index contributed by atoms with van der Waals surface area (Å²) in [6, 6.07) is 22.3. The van der Waals surface area contributed by atoms with Crippen LogP contribution in [0.5, 0.6) is 0 Å². The highest BCUT2D eigenvalue weighted by Gasteiger charge is 2.23. The van der Waals surface area contributed by atoms with Gasteiger partial charge in [-0.25, -0.2) is 4.98 Å². The molecule has 1 amide bonds. The van der Waals surface area contributed by atoms with Crippen molar-refractivity contribution in [3.63, 3.8) is 0 Å². The van der Waals surface area contributed by atoms with E-state index >= 15 is 0 Å². The summed E-state index contributed by atoms with van der Waals surface area (Å²) in [5.41, 5.74) is 5.11. The van der Waals surface area contributed by atoms with Gasteiger partial charge in [0.25, 0.3) is 5.91 Å². The second-order valence-electron chi connectivity index (χ2n) is 9.27. The van der Waals surface area contributed by atoms with Gasteiger partial charge in [-0.1, -0.05) is 54.1 Å². The molecule has 0 radical (unpaired) electrons. The van der Waals surface area contributed by atoms with Crippen LogP contribution in [0, 0.1) is 0 Å². The topological polar surface area (TPSA) is 44.1 Å². The van der Waals surface area contributed by atoms with Gasteiger partial charge in [-0.15, -0.1) is 0 Å². The molecule has 1 aliphatic heterocycles. The first-order valence-corrected chi connectivity index (χ1v) is 12.4. The number of fused-ring (bicyclic) bond motifs is 1. The van der Waals surface area contributed by atoms with Crippen LogP contribution in [0.1, 0.15) is 27.2 Å². The Morgan fingerprint density at radius 3 is 2.46 bits per heavy atom. The first-order chi connectivity index (χ1) is 17.0. The highest BCUT2D eigenvalue weighted by molar-refractivity contribution is 6.30. The highest BCUT2D eigenvalue weighted by Crippen LogP contribution is 2.16. The molecule has 2 aromatic heterocycles. The van der Waals surface area contributed by atoms with Crippen molar-refractivity contribution in [3.05, 3.63) is 107 Å². The fraction of sp³-hybridized carbons (Fsp3) is 0.286. The van der Waals surface area contributed by atoms with Crippen LogP contribution in [0.2, 0.25) is 5.02 Å². The Bertz CT molecular complexity index is 1300. The number of aromatic nitrogens is 2. The van der Waals surface area contributed by atoms with Crippen molar-refractivity contribution in [3.8, 4) is 0 Å². The average Bonchev–Trinajstić information content (AvgIpc) is 3.26. The van der Waals surface area contributed by atoms with Crippen LogP contribution in [-0.2, 0) is 19.6 Å². The Hall–Kier alpha value is -3.19. The van der Waals surface area contributed by atoms with Crippen molar-refractivity contribution in [2.75, 3.05) is 33.2 Å². The van der Waals surface area contributed by atoms with E-state index in [9.17, 15) is 4.79 Å². The van der Waals surface area contributed by atoms with Gasteiger partial charge < -0.3 is 9.30 Å². The van der Waals surface area contributed by atoms with Gasteiger partial charge in [-0.3, -0.25) is 14.6 Å². The van der Waals surface area contributed by atoms with E-state index in [1.807, 2.05) is 58.1 Å². The van der Waals surface area contributed by atoms with Crippen LogP contribution < -0.4 is 0 Å². The lowest BCUT2D eigenvalue weighted by atomic mass is 10.1. The zero-order chi connectivity index (χ0) is 24.2. The predicted octanol–water partition coefficient (Wildman–Crippen LogP) is 4.58. The normalized spacial score (nSPS) is 14.7. The van der Waals surface area contributed by atoms with Crippen LogP contribution in [-0.4, -0.2) is 63.2 Å². The lowest BCUT2D eigenvalue weighted by Crippen LogP contribution is -2.48. The van der Waals surface area contributed by atoms with E-state index in [1.165, 1.54) is 5.56 Å². The van der Waals surface area contributed by atoms with E-state index in [0.717, 1.165) is 68.3 Å². The van der Waals surface area contributed by atoms with E-state index in [2.05, 4.69) is 52.2 Å². The van der Waals surface area contributed by atoms with Crippen LogP contribution in [0.25, 0.3) is 5.65 Å². The van der Waals surface area contributed by atoms with Crippen molar-refractivity contribution >= 4 is 23.2 Å². The minimum Gasteiger partial charge on any atom is -0.336 e. The van der Waals surface area contributed by atoms with Gasteiger partial charge in [-0.2, -0.15) is 0 Å². The number of hydrogen-bond acceptors (Lipinski definition) is 4. The van der Waals surface area contributed by atoms with Gasteiger partial charge >= 0.3 is 0 Å². The smallest absolute Gasteiger partial charge is 0.253 e. The van der Waals surface area contributed by atoms with E-state index in [-0.39, 0.29) is 5.91 Å². The summed E-state index contributed by atoms with van der Waals surface area (Å²) >= 11 is 6.08. The summed E-state index contributed by atoms with van der Waals surface area (Å²) in [6.45, 7) is 5.55. The fourth-order valence-electron chi connectivity index (χ4n) is 4.68. The van der Waals surface area contributed by atoms with E-state index in [4.69, 9.17) is 11.6 Å². The molecule has 180 valence electrons. The molecular formula is C28H30ClN5O. The number of amides is 1. The maximum absolute atomic E-state index is 13.2. The molecule has 0 unspecified atom stereocenters. The second kappa shape index (κ2) is 10.6. The molecule has 0 saturated carbocycles. The molecule has 6 nitrogen and oxygen atoms in total. The zero-order valence-corrected chi connectivity index (χ0v) is 20.7. The third-order valence-electron chi connectivity index (χ3n) is 6.43. The molecule has 0 atom stereocenters. The van der Waals surface area contributed by atoms with Crippen molar-refractivity contribution in [2.24, 2.45) is 0 Å². The minimum absolute atomic E-state index is 0.111. The first kappa shape index (κ1) is 23.5. The summed E-state index contributed by atoms with van der Waals surface area (Å²) < 4.78 is 1.96. The van der Waals surface area contributed by atoms with Gasteiger partial charge in [0.15, 0.2) is 0 Å². The number of halogens is 1. The number of hydrogen-bond donors (Lipinski definition) is 0. The lowest BCUT2D eigenvalue weighted by Gasteiger charge is -2.34. The summed E-state index contributed by atoms with van der Waals surface area (Å²) in [6.07, 6.45) is 3.90. The molecule has 0 aliphatic carbocycles. The molecule has 0 N–H and O–H groups in total. The maximum Gasteiger partial charge on any atom is 0.253 e. The van der Waals surface area contributed by atoms with Crippen molar-refractivity contribution in [1.29, 1.82) is 0 Å². The number of piperazine rings is 1. The number of imidazole rings is 1. The predicted molar refractivity (Wildman–Crippen MR) is 139 cm³/mol. The molecule has 0 bridgehead atoms. The van der Waals surface area contributed by atoms with Crippen LogP contribution in [0.3, 0.4) is 0 Å². The van der Waals surface area contributed by atoms with E-state index < -0.39 is 0 Å². The van der Waals surface area contributed by atoms with Gasteiger partial charge in [-0.05, 0) is 42.4 Å². The van der Waals surface area contributed by atoms with Crippen LogP contribution >= 0.6 is 11.6 Å². The van der Waals surface area contributed by atoms with E-state index in [0.29, 0.717) is 5.02 Å². The lowest BCUT2D eigenvalue weighted by molar-refractivity contribution is 0.0627. The number of carbonyl (C=O) groups excluding carboxylic acids is 1. The Morgan fingerprint density at radius 2 is 1.66 bits per heavy atom. The quantitative estimate of drug-likeness (QED) is 0.383. The maximum atomic E-state index is 13.2. The summed E-state index contributed by atoms with van der Waals surface area (Å²) in [7, 11) is 2.11. The number of carbonyl (C=O) groups is 1. The summed E-state index contributed by atoms with van der Waals surface area (Å²) in [5.74, 6) is 0.111. The summed E-state index contributed by atoms with van der Waals surface area (Å²) in [4.78, 5) is 24.5. The van der Waals surface area contributed by atoms with Gasteiger partial charge in [0.2, 0.25) is 0 Å². The molecule has 2 aromatic carbocycles. The molecule has 5 rings (SSSR count). The largest absolute Gasteiger partial charge is 0.336 e. The Labute approximate surface area is 211 Å². The molecule has 1 aliphatic rings. The first-order valence-electron chi connectivity index (χ1n) is 12.0. The Balaban J connectivity index is 1.15. The monoisotopic (exact) mass is 487 g/mol. The van der Waals surface area contributed by atoms with Crippen molar-refractivity contribution in [1.82, 2.24) is 24.1 Å². The van der Waals surface area contributed by atoms with Gasteiger partial charge in [0.1, 0.15) is 5.65 Å². The Morgan fingerprint density at radius 1 is 0.914 bits per heavy atom. The Kier molecular flexibility index (Phi) is 7.13. The average molecular weight is 488 g/mol. The number of nitrogens with zero attached hydrogens (tertiary/aromatic N) is 5. The number of pyridine rings is 1. The molecule has 0 spiro atoms. The van der Waals surface area contributed by atoms with E-state index in [1.54, 1.807) is 0 Å². The zero-order valence-electron chi connectivity index (χ0n) is 20.0. The second-order valence-corrected chi connectivity index (χ2v) is 9.71. The molecule has 3 heterocycles. The molecule has 1 saturated heterocycles. The fourth-order valence-corrected chi connectivity index (χ4v) is 4.85. The van der Waals surface area contributed by atoms with Crippen LogP contribution in [0.4, 0.5) is 0 Å². The molecule has 7 heteroatoms. The molecule has 1 fully saturated rings. The highest BCUT2D eigenvalue weighted by atomic mass is 35.5. The third-order valence-corrected chi connectivity index (χ3v) is 6.66. The van der Waals surface area contributed by atoms with Crippen molar-refractivity contribution < 1.29 is 4.79 Å². The van der Waals surface area contributed by atoms with Gasteiger partial charge in [0, 0.05) is 63.8 Å². The molecule has 4 aromatic rings.